The predicted molar refractivity (Wildman–Crippen MR) is 98.4 cm³/mol. The summed E-state index contributed by atoms with van der Waals surface area (Å²) in [4.78, 5) is 22.5. The maximum Gasteiger partial charge on any atom is 0.308 e. The van der Waals surface area contributed by atoms with E-state index in [1.807, 2.05) is 26.0 Å². The second kappa shape index (κ2) is 14.4. The number of allylic oxidation sites excluding steroid dienone is 3. The smallest absolute Gasteiger partial charge is 0.308 e. The fourth-order valence-electron chi connectivity index (χ4n) is 1.41. The molecule has 5 nitrogen and oxygen atoms in total. The Kier molecular flexibility index (Phi) is 13.1. The minimum atomic E-state index is -0.362. The standard InChI is InChI=1S/C10H11NS.C8H14O4/c1-9(6-7-11)4-5-10-3-2-8-12-10;1-3-4-8(10)12-6-5-7(9)11-2/h2-8,11H,1H3;3-6H2,1-2H3/b5-4+,9-6+,11-7?;. The number of carbonyl (C=O) groups excluding carboxylic acids is 2. The van der Waals surface area contributed by atoms with Gasteiger partial charge in [0, 0.05) is 17.5 Å². The third kappa shape index (κ3) is 12.3. The highest BCUT2D eigenvalue weighted by Gasteiger charge is 2.03. The molecule has 0 saturated carbocycles. The van der Waals surface area contributed by atoms with E-state index in [0.717, 1.165) is 12.0 Å². The number of hydrogen-bond acceptors (Lipinski definition) is 6. The van der Waals surface area contributed by atoms with E-state index in [1.54, 1.807) is 17.4 Å². The molecule has 0 radical (unpaired) electrons. The van der Waals surface area contributed by atoms with Crippen LogP contribution in [0.5, 0.6) is 0 Å². The monoisotopic (exact) mass is 351 g/mol. The molecule has 24 heavy (non-hydrogen) atoms. The van der Waals surface area contributed by atoms with E-state index in [9.17, 15) is 9.59 Å². The van der Waals surface area contributed by atoms with Crippen LogP contribution in [0.25, 0.3) is 6.08 Å². The molecule has 0 saturated heterocycles. The van der Waals surface area contributed by atoms with E-state index in [-0.39, 0.29) is 25.0 Å². The van der Waals surface area contributed by atoms with Crippen molar-refractivity contribution in [2.75, 3.05) is 13.7 Å². The van der Waals surface area contributed by atoms with E-state index in [0.29, 0.717) is 6.42 Å². The Morgan fingerprint density at radius 1 is 1.29 bits per heavy atom. The Balaban J connectivity index is 0.000000441. The molecule has 0 aliphatic rings. The molecule has 1 aromatic rings. The number of hydrogen-bond donors (Lipinski definition) is 1. The first-order valence-electron chi connectivity index (χ1n) is 7.64. The minimum absolute atomic E-state index is 0.117. The van der Waals surface area contributed by atoms with Gasteiger partial charge in [-0.15, -0.1) is 11.3 Å². The lowest BCUT2D eigenvalue weighted by atomic mass is 10.2. The van der Waals surface area contributed by atoms with Crippen LogP contribution in [0.2, 0.25) is 0 Å². The Morgan fingerprint density at radius 3 is 2.58 bits per heavy atom. The summed E-state index contributed by atoms with van der Waals surface area (Å²) in [5.74, 6) is -0.624. The molecule has 0 aliphatic carbocycles. The fraction of sp³-hybridized carbons (Fsp3) is 0.389. The average Bonchev–Trinajstić information content (AvgIpc) is 3.07. The average molecular weight is 351 g/mol. The van der Waals surface area contributed by atoms with Crippen LogP contribution in [0.1, 0.15) is 38.0 Å². The molecule has 0 amide bonds. The van der Waals surface area contributed by atoms with Crippen LogP contribution in [0.4, 0.5) is 0 Å². The Labute approximate surface area is 147 Å². The van der Waals surface area contributed by atoms with Crippen molar-refractivity contribution in [3.8, 4) is 0 Å². The Bertz CT molecular complexity index is 547. The van der Waals surface area contributed by atoms with Crippen molar-refractivity contribution in [1.29, 1.82) is 5.41 Å². The van der Waals surface area contributed by atoms with Gasteiger partial charge in [-0.25, -0.2) is 0 Å². The quantitative estimate of drug-likeness (QED) is 0.431. The fourth-order valence-corrected chi connectivity index (χ4v) is 2.03. The molecule has 132 valence electrons. The summed E-state index contributed by atoms with van der Waals surface area (Å²) >= 11 is 1.71. The summed E-state index contributed by atoms with van der Waals surface area (Å²) in [6.07, 6.45) is 8.43. The van der Waals surface area contributed by atoms with Crippen LogP contribution in [0, 0.1) is 5.41 Å². The number of carbonyl (C=O) groups is 2. The molecule has 1 heterocycles. The van der Waals surface area contributed by atoms with Crippen LogP contribution in [-0.4, -0.2) is 31.9 Å². The van der Waals surface area contributed by atoms with E-state index < -0.39 is 0 Å². The topological polar surface area (TPSA) is 76.5 Å². The van der Waals surface area contributed by atoms with Gasteiger partial charge in [0.05, 0.1) is 13.5 Å². The SMILES string of the molecule is CC(/C=C/c1cccs1)=C\C=N.CCCC(=O)OCCC(=O)OC. The molecular weight excluding hydrogens is 326 g/mol. The highest BCUT2D eigenvalue weighted by Crippen LogP contribution is 2.11. The van der Waals surface area contributed by atoms with Gasteiger partial charge in [0.2, 0.25) is 0 Å². The van der Waals surface area contributed by atoms with Gasteiger partial charge in [-0.05, 0) is 42.5 Å². The van der Waals surface area contributed by atoms with Gasteiger partial charge in [-0.3, -0.25) is 9.59 Å². The summed E-state index contributed by atoms with van der Waals surface area (Å²) in [6.45, 7) is 3.99. The molecule has 0 spiro atoms. The normalized spacial score (nSPS) is 10.7. The largest absolute Gasteiger partial charge is 0.469 e. The van der Waals surface area contributed by atoms with Crippen LogP contribution >= 0.6 is 11.3 Å². The summed E-state index contributed by atoms with van der Waals surface area (Å²) in [5, 5.41) is 8.90. The number of esters is 2. The summed E-state index contributed by atoms with van der Waals surface area (Å²) in [5.41, 5.74) is 1.10. The highest BCUT2D eigenvalue weighted by atomic mass is 32.1. The molecule has 0 bridgehead atoms. The summed E-state index contributed by atoms with van der Waals surface area (Å²) < 4.78 is 9.08. The predicted octanol–water partition coefficient (Wildman–Crippen LogP) is 4.25. The second-order valence-electron chi connectivity index (χ2n) is 4.72. The van der Waals surface area contributed by atoms with Crippen LogP contribution in [0.15, 0.2) is 35.2 Å². The van der Waals surface area contributed by atoms with Gasteiger partial charge in [0.25, 0.3) is 0 Å². The van der Waals surface area contributed by atoms with Crippen molar-refractivity contribution >= 4 is 35.6 Å². The number of ether oxygens (including phenoxy) is 2. The molecule has 1 aromatic heterocycles. The minimum Gasteiger partial charge on any atom is -0.469 e. The van der Waals surface area contributed by atoms with Gasteiger partial charge in [-0.1, -0.05) is 19.1 Å². The lowest BCUT2D eigenvalue weighted by molar-refractivity contribution is -0.147. The van der Waals surface area contributed by atoms with Gasteiger partial charge in [-0.2, -0.15) is 0 Å². The molecule has 0 unspecified atom stereocenters. The molecule has 0 fully saturated rings. The summed E-state index contributed by atoms with van der Waals surface area (Å²) in [6, 6.07) is 4.10. The van der Waals surface area contributed by atoms with Crippen molar-refractivity contribution in [1.82, 2.24) is 0 Å². The number of thiophene rings is 1. The first-order chi connectivity index (χ1) is 11.5. The zero-order valence-corrected chi connectivity index (χ0v) is 15.2. The number of methoxy groups -OCH3 is 1. The van der Waals surface area contributed by atoms with Crippen molar-refractivity contribution in [2.45, 2.75) is 33.1 Å². The van der Waals surface area contributed by atoms with Crippen molar-refractivity contribution < 1.29 is 19.1 Å². The summed E-state index contributed by atoms with van der Waals surface area (Å²) in [7, 11) is 1.30. The molecule has 0 aliphatic heterocycles. The zero-order chi connectivity index (χ0) is 18.2. The Morgan fingerprint density at radius 2 is 2.04 bits per heavy atom. The maximum atomic E-state index is 10.7. The molecule has 1 rings (SSSR count). The van der Waals surface area contributed by atoms with E-state index in [4.69, 9.17) is 10.1 Å². The van der Waals surface area contributed by atoms with Gasteiger partial charge >= 0.3 is 11.9 Å². The van der Waals surface area contributed by atoms with E-state index >= 15 is 0 Å². The van der Waals surface area contributed by atoms with Crippen molar-refractivity contribution in [2.24, 2.45) is 0 Å². The first-order valence-corrected chi connectivity index (χ1v) is 8.52. The molecule has 0 aromatic carbocycles. The number of rotatable bonds is 8. The third-order valence-electron chi connectivity index (χ3n) is 2.65. The third-order valence-corrected chi connectivity index (χ3v) is 3.49. The van der Waals surface area contributed by atoms with Crippen LogP contribution < -0.4 is 0 Å². The molecule has 6 heteroatoms. The lowest BCUT2D eigenvalue weighted by Crippen LogP contribution is -2.10. The van der Waals surface area contributed by atoms with Crippen LogP contribution in [-0.2, 0) is 19.1 Å². The zero-order valence-electron chi connectivity index (χ0n) is 14.4. The van der Waals surface area contributed by atoms with E-state index in [2.05, 4.69) is 22.3 Å². The second-order valence-corrected chi connectivity index (χ2v) is 5.70. The molecule has 0 atom stereocenters. The lowest BCUT2D eigenvalue weighted by Gasteiger charge is -2.01. The van der Waals surface area contributed by atoms with E-state index in [1.165, 1.54) is 18.2 Å². The van der Waals surface area contributed by atoms with Gasteiger partial charge < -0.3 is 14.9 Å². The van der Waals surface area contributed by atoms with Crippen LogP contribution in [0.3, 0.4) is 0 Å². The van der Waals surface area contributed by atoms with Gasteiger partial charge in [0.1, 0.15) is 6.61 Å². The molecule has 1 N–H and O–H groups in total. The van der Waals surface area contributed by atoms with Crippen molar-refractivity contribution in [3.05, 3.63) is 40.1 Å². The molecular formula is C18H25NO4S. The maximum absolute atomic E-state index is 10.7. The van der Waals surface area contributed by atoms with Gasteiger partial charge in [0.15, 0.2) is 0 Å². The van der Waals surface area contributed by atoms with Crippen molar-refractivity contribution in [3.63, 3.8) is 0 Å². The Hall–Kier alpha value is -2.21. The highest BCUT2D eigenvalue weighted by molar-refractivity contribution is 7.10. The first kappa shape index (κ1) is 21.8. The number of nitrogens with one attached hydrogen (secondary N) is 1.